The van der Waals surface area contributed by atoms with E-state index in [2.05, 4.69) is 9.97 Å². The number of carbonyl (C=O) groups excluding carboxylic acids is 1. The second-order valence-electron chi connectivity index (χ2n) is 5.90. The van der Waals surface area contributed by atoms with Crippen LogP contribution in [0.25, 0.3) is 0 Å². The summed E-state index contributed by atoms with van der Waals surface area (Å²) in [7, 11) is 0. The number of hydrogen-bond donors (Lipinski definition) is 0. The van der Waals surface area contributed by atoms with Gasteiger partial charge in [0.05, 0.1) is 18.0 Å². The summed E-state index contributed by atoms with van der Waals surface area (Å²) in [5.41, 5.74) is 0.316. The van der Waals surface area contributed by atoms with E-state index in [0.717, 1.165) is 4.90 Å². The minimum absolute atomic E-state index is 0.0252. The van der Waals surface area contributed by atoms with Crippen LogP contribution in [0.1, 0.15) is 19.0 Å². The Bertz CT molecular complexity index is 774. The van der Waals surface area contributed by atoms with Crippen LogP contribution in [0.2, 0.25) is 0 Å². The molecule has 1 aromatic carbocycles. The summed E-state index contributed by atoms with van der Waals surface area (Å²) in [6.45, 7) is 2.76. The smallest absolute Gasteiger partial charge is 0.254 e. The molecule has 26 heavy (non-hydrogen) atoms. The van der Waals surface area contributed by atoms with Crippen molar-refractivity contribution < 1.29 is 18.3 Å². The van der Waals surface area contributed by atoms with Crippen LogP contribution in [-0.2, 0) is 11.2 Å². The number of rotatable bonds is 6. The van der Waals surface area contributed by atoms with Gasteiger partial charge in [0.1, 0.15) is 18.2 Å². The summed E-state index contributed by atoms with van der Waals surface area (Å²) in [5, 5.41) is 0. The molecule has 1 aromatic heterocycles. The molecule has 8 heteroatoms. The number of aryl methyl sites for hydroxylation is 1. The van der Waals surface area contributed by atoms with Crippen molar-refractivity contribution in [1.29, 1.82) is 0 Å². The van der Waals surface area contributed by atoms with E-state index in [1.165, 1.54) is 30.2 Å². The Balaban J connectivity index is 1.51. The molecule has 138 valence electrons. The maximum atomic E-state index is 14.2. The van der Waals surface area contributed by atoms with Crippen molar-refractivity contribution in [2.45, 2.75) is 30.8 Å². The van der Waals surface area contributed by atoms with E-state index >= 15 is 0 Å². The van der Waals surface area contributed by atoms with Gasteiger partial charge in [-0.25, -0.2) is 9.37 Å². The molecule has 1 atom stereocenters. The Morgan fingerprint density at radius 3 is 2.81 bits per heavy atom. The molecular weight excluding hydrogens is 360 g/mol. The number of amides is 1. The number of benzene rings is 1. The fourth-order valence-electron chi connectivity index (χ4n) is 2.69. The Kier molecular flexibility index (Phi) is 6.03. The molecule has 1 amide bonds. The summed E-state index contributed by atoms with van der Waals surface area (Å²) in [6.07, 6.45) is 2.08. The maximum Gasteiger partial charge on any atom is 0.254 e. The molecule has 1 aliphatic rings. The average molecular weight is 379 g/mol. The molecule has 1 aliphatic heterocycles. The van der Waals surface area contributed by atoms with Gasteiger partial charge in [0.2, 0.25) is 11.7 Å². The highest BCUT2D eigenvalue weighted by atomic mass is 32.2. The van der Waals surface area contributed by atoms with Crippen molar-refractivity contribution in [2.24, 2.45) is 0 Å². The summed E-state index contributed by atoms with van der Waals surface area (Å²) >= 11 is 1.36. The number of hydrogen-bond acceptors (Lipinski definition) is 5. The first-order chi connectivity index (χ1) is 12.6. The maximum absolute atomic E-state index is 14.2. The van der Waals surface area contributed by atoms with Gasteiger partial charge < -0.3 is 9.64 Å². The van der Waals surface area contributed by atoms with Crippen LogP contribution in [0.3, 0.4) is 0 Å². The van der Waals surface area contributed by atoms with Crippen molar-refractivity contribution in [1.82, 2.24) is 14.9 Å². The average Bonchev–Trinajstić information content (AvgIpc) is 3.11. The molecular formula is C18H19F2N3O2S. The number of likely N-dealkylation sites (tertiary alicyclic amines) is 1. The van der Waals surface area contributed by atoms with Crippen LogP contribution in [0, 0.1) is 11.6 Å². The van der Waals surface area contributed by atoms with Crippen molar-refractivity contribution >= 4 is 17.7 Å². The van der Waals surface area contributed by atoms with Crippen molar-refractivity contribution in [3.8, 4) is 5.88 Å². The molecule has 0 spiro atoms. The number of carbonyl (C=O) groups is 1. The molecule has 2 heterocycles. The molecule has 5 nitrogen and oxygen atoms in total. The van der Waals surface area contributed by atoms with E-state index in [9.17, 15) is 13.6 Å². The van der Waals surface area contributed by atoms with Gasteiger partial charge in [0.15, 0.2) is 0 Å². The van der Waals surface area contributed by atoms with E-state index in [0.29, 0.717) is 31.6 Å². The molecule has 0 radical (unpaired) electrons. The van der Waals surface area contributed by atoms with Crippen LogP contribution in [0.15, 0.2) is 35.5 Å². The zero-order valence-electron chi connectivity index (χ0n) is 14.3. The van der Waals surface area contributed by atoms with Crippen molar-refractivity contribution in [3.63, 3.8) is 0 Å². The highest BCUT2D eigenvalue weighted by Crippen LogP contribution is 2.23. The third-order valence-electron chi connectivity index (χ3n) is 4.12. The van der Waals surface area contributed by atoms with Crippen LogP contribution >= 0.6 is 11.8 Å². The Morgan fingerprint density at radius 1 is 1.31 bits per heavy atom. The van der Waals surface area contributed by atoms with Gasteiger partial charge in [-0.05, 0) is 30.7 Å². The number of ether oxygens (including phenoxy) is 1. The molecule has 3 rings (SSSR count). The second-order valence-corrected chi connectivity index (χ2v) is 6.95. The van der Waals surface area contributed by atoms with Crippen LogP contribution in [0.4, 0.5) is 8.78 Å². The molecule has 0 unspecified atom stereocenters. The molecule has 0 N–H and O–H groups in total. The molecule has 0 aliphatic carbocycles. The Morgan fingerprint density at radius 2 is 2.08 bits per heavy atom. The van der Waals surface area contributed by atoms with E-state index in [1.54, 1.807) is 17.0 Å². The normalized spacial score (nSPS) is 16.7. The summed E-state index contributed by atoms with van der Waals surface area (Å²) in [4.78, 5) is 22.6. The fourth-order valence-corrected chi connectivity index (χ4v) is 3.49. The van der Waals surface area contributed by atoms with Gasteiger partial charge in [-0.2, -0.15) is 9.37 Å². The highest BCUT2D eigenvalue weighted by molar-refractivity contribution is 8.00. The number of thioether (sulfide) groups is 1. The monoisotopic (exact) mass is 379 g/mol. The van der Waals surface area contributed by atoms with Gasteiger partial charge in [-0.3, -0.25) is 4.79 Å². The minimum atomic E-state index is -0.536. The zero-order valence-corrected chi connectivity index (χ0v) is 15.1. The third-order valence-corrected chi connectivity index (χ3v) is 5.11. The summed E-state index contributed by atoms with van der Waals surface area (Å²) in [5.74, 6) is -0.657. The van der Waals surface area contributed by atoms with Gasteiger partial charge in [-0.1, -0.05) is 6.92 Å². The first-order valence-corrected chi connectivity index (χ1v) is 9.37. The van der Waals surface area contributed by atoms with E-state index < -0.39 is 5.82 Å². The Hall–Kier alpha value is -2.22. The lowest BCUT2D eigenvalue weighted by Crippen LogP contribution is -2.32. The van der Waals surface area contributed by atoms with E-state index in [4.69, 9.17) is 4.74 Å². The van der Waals surface area contributed by atoms with Crippen molar-refractivity contribution in [3.05, 3.63) is 47.9 Å². The van der Waals surface area contributed by atoms with Gasteiger partial charge >= 0.3 is 0 Å². The molecule has 0 saturated carbocycles. The number of nitrogens with zero attached hydrogens (tertiary/aromatic N) is 3. The molecule has 2 aromatic rings. The molecule has 1 saturated heterocycles. The second kappa shape index (κ2) is 8.44. The predicted octanol–water partition coefficient (Wildman–Crippen LogP) is 3.09. The lowest BCUT2D eigenvalue weighted by molar-refractivity contribution is -0.127. The van der Waals surface area contributed by atoms with Crippen molar-refractivity contribution in [2.75, 3.05) is 18.8 Å². The fraction of sp³-hybridized carbons (Fsp3) is 0.389. The topological polar surface area (TPSA) is 55.3 Å². The molecule has 0 bridgehead atoms. The van der Waals surface area contributed by atoms with E-state index in [1.807, 2.05) is 6.92 Å². The third kappa shape index (κ3) is 4.49. The SMILES string of the molecule is CCc1ncnc(O[C@@H]2CCN(C(=O)CSc3ccc(F)cc3)C2)c1F. The van der Waals surface area contributed by atoms with Gasteiger partial charge in [0, 0.05) is 17.9 Å². The minimum Gasteiger partial charge on any atom is -0.470 e. The van der Waals surface area contributed by atoms with Gasteiger partial charge in [0.25, 0.3) is 5.88 Å². The molecule has 1 fully saturated rings. The largest absolute Gasteiger partial charge is 0.470 e. The Labute approximate surface area is 154 Å². The lowest BCUT2D eigenvalue weighted by atomic mass is 10.3. The van der Waals surface area contributed by atoms with Crippen LogP contribution < -0.4 is 4.74 Å². The van der Waals surface area contributed by atoms with Crippen LogP contribution in [-0.4, -0.2) is 45.7 Å². The lowest BCUT2D eigenvalue weighted by Gasteiger charge is -2.17. The first-order valence-electron chi connectivity index (χ1n) is 8.39. The summed E-state index contributed by atoms with van der Waals surface area (Å²) < 4.78 is 32.7. The predicted molar refractivity (Wildman–Crippen MR) is 94.1 cm³/mol. The number of aromatic nitrogens is 2. The van der Waals surface area contributed by atoms with Crippen LogP contribution in [0.5, 0.6) is 5.88 Å². The zero-order chi connectivity index (χ0) is 18.5. The first kappa shape index (κ1) is 18.6. The standard InChI is InChI=1S/C18H19F2N3O2S/c1-2-15-17(20)18(22-11-21-15)25-13-7-8-23(9-13)16(24)10-26-14-5-3-12(19)4-6-14/h3-6,11,13H,2,7-10H2,1H3/t13-/m1/s1. The van der Waals surface area contributed by atoms with Gasteiger partial charge in [-0.15, -0.1) is 11.8 Å². The number of halogens is 2. The highest BCUT2D eigenvalue weighted by Gasteiger charge is 2.28. The van der Waals surface area contributed by atoms with E-state index in [-0.39, 0.29) is 29.5 Å². The summed E-state index contributed by atoms with van der Waals surface area (Å²) in [6, 6.07) is 6.03. The quantitative estimate of drug-likeness (QED) is 0.722.